The van der Waals surface area contributed by atoms with Gasteiger partial charge in [0.15, 0.2) is 0 Å². The van der Waals surface area contributed by atoms with Crippen molar-refractivity contribution in [3.63, 3.8) is 0 Å². The normalized spacial score (nSPS) is 16.3. The van der Waals surface area contributed by atoms with Gasteiger partial charge in [-0.1, -0.05) is 0 Å². The standard InChI is InChI=1S/C22H30F6N4O2/c1-20(2,3)31-19(34)29-6-9-32-7-4-14(5-8-32)13-30-18(33)15-10-16(21(23,24)25)12-17(11-15)22(26,27)28/h10-12,14H,4-9,13H2,1-3H3,(H,30,33)(H2,29,31,34). The third kappa shape index (κ3) is 9.03. The van der Waals surface area contributed by atoms with Gasteiger partial charge in [0.05, 0.1) is 11.1 Å². The summed E-state index contributed by atoms with van der Waals surface area (Å²) < 4.78 is 77.9. The molecule has 1 saturated heterocycles. The fraction of sp³-hybridized carbons (Fsp3) is 0.636. The van der Waals surface area contributed by atoms with Crippen LogP contribution in [0.1, 0.15) is 55.1 Å². The van der Waals surface area contributed by atoms with Crippen molar-refractivity contribution in [2.75, 3.05) is 32.7 Å². The summed E-state index contributed by atoms with van der Waals surface area (Å²) in [6.07, 6.45) is -8.62. The molecule has 34 heavy (non-hydrogen) atoms. The number of amides is 3. The van der Waals surface area contributed by atoms with E-state index in [1.165, 1.54) is 0 Å². The van der Waals surface area contributed by atoms with Gasteiger partial charge < -0.3 is 20.9 Å². The number of likely N-dealkylation sites (tertiary alicyclic amines) is 1. The van der Waals surface area contributed by atoms with Crippen LogP contribution in [0, 0.1) is 5.92 Å². The van der Waals surface area contributed by atoms with Crippen LogP contribution < -0.4 is 16.0 Å². The predicted molar refractivity (Wildman–Crippen MR) is 114 cm³/mol. The summed E-state index contributed by atoms with van der Waals surface area (Å²) in [5.74, 6) is -0.932. The molecule has 2 rings (SSSR count). The van der Waals surface area contributed by atoms with Gasteiger partial charge in [-0.05, 0) is 70.8 Å². The summed E-state index contributed by atoms with van der Waals surface area (Å²) >= 11 is 0. The topological polar surface area (TPSA) is 73.5 Å². The van der Waals surface area contributed by atoms with Crippen LogP contribution in [0.2, 0.25) is 0 Å². The predicted octanol–water partition coefficient (Wildman–Crippen LogP) is 4.26. The van der Waals surface area contributed by atoms with Crippen LogP contribution in [0.3, 0.4) is 0 Å². The van der Waals surface area contributed by atoms with E-state index in [2.05, 4.69) is 20.9 Å². The molecule has 0 aliphatic carbocycles. The number of benzene rings is 1. The molecule has 1 aliphatic rings. The number of carbonyl (C=O) groups excluding carboxylic acids is 2. The van der Waals surface area contributed by atoms with E-state index in [4.69, 9.17) is 0 Å². The van der Waals surface area contributed by atoms with E-state index in [0.717, 1.165) is 0 Å². The zero-order chi connectivity index (χ0) is 25.7. The maximum Gasteiger partial charge on any atom is 0.416 e. The number of nitrogens with zero attached hydrogens (tertiary/aromatic N) is 1. The number of alkyl halides is 6. The van der Waals surface area contributed by atoms with E-state index in [9.17, 15) is 35.9 Å². The number of hydrogen-bond acceptors (Lipinski definition) is 3. The van der Waals surface area contributed by atoms with Gasteiger partial charge in [-0.2, -0.15) is 26.3 Å². The molecule has 12 heteroatoms. The average molecular weight is 496 g/mol. The minimum absolute atomic E-state index is 0.00584. The lowest BCUT2D eigenvalue weighted by molar-refractivity contribution is -0.143. The highest BCUT2D eigenvalue weighted by Crippen LogP contribution is 2.36. The second-order valence-electron chi connectivity index (χ2n) is 9.42. The van der Waals surface area contributed by atoms with E-state index in [-0.39, 0.29) is 30.1 Å². The average Bonchev–Trinajstić information content (AvgIpc) is 2.70. The molecule has 1 aromatic carbocycles. The smallest absolute Gasteiger partial charge is 0.352 e. The summed E-state index contributed by atoms with van der Waals surface area (Å²) in [5, 5.41) is 8.03. The van der Waals surface area contributed by atoms with Crippen LogP contribution in [0.4, 0.5) is 31.1 Å². The van der Waals surface area contributed by atoms with Crippen LogP contribution >= 0.6 is 0 Å². The van der Waals surface area contributed by atoms with E-state index in [1.807, 2.05) is 20.8 Å². The van der Waals surface area contributed by atoms with Crippen molar-refractivity contribution in [2.24, 2.45) is 5.92 Å². The molecule has 0 bridgehead atoms. The molecular weight excluding hydrogens is 466 g/mol. The molecule has 192 valence electrons. The number of urea groups is 1. The minimum Gasteiger partial charge on any atom is -0.352 e. The molecule has 6 nitrogen and oxygen atoms in total. The first-order valence-electron chi connectivity index (χ1n) is 10.9. The molecule has 3 N–H and O–H groups in total. The molecule has 1 aliphatic heterocycles. The third-order valence-corrected chi connectivity index (χ3v) is 5.31. The van der Waals surface area contributed by atoms with Crippen LogP contribution in [0.15, 0.2) is 18.2 Å². The Morgan fingerprint density at radius 3 is 1.91 bits per heavy atom. The van der Waals surface area contributed by atoms with Crippen molar-refractivity contribution in [3.8, 4) is 0 Å². The fourth-order valence-corrected chi connectivity index (χ4v) is 3.55. The quantitative estimate of drug-likeness (QED) is 0.516. The van der Waals surface area contributed by atoms with Gasteiger partial charge in [-0.3, -0.25) is 4.79 Å². The van der Waals surface area contributed by atoms with E-state index in [0.29, 0.717) is 51.2 Å². The lowest BCUT2D eigenvalue weighted by Crippen LogP contribution is -2.48. The molecule has 1 heterocycles. The lowest BCUT2D eigenvalue weighted by Gasteiger charge is -2.32. The van der Waals surface area contributed by atoms with Gasteiger partial charge >= 0.3 is 18.4 Å². The van der Waals surface area contributed by atoms with Crippen molar-refractivity contribution in [2.45, 2.75) is 51.5 Å². The molecule has 1 aromatic rings. The zero-order valence-electron chi connectivity index (χ0n) is 19.3. The Labute approximate surface area is 194 Å². The van der Waals surface area contributed by atoms with Crippen LogP contribution in [0.25, 0.3) is 0 Å². The Morgan fingerprint density at radius 2 is 1.44 bits per heavy atom. The summed E-state index contributed by atoms with van der Waals surface area (Å²) in [7, 11) is 0. The van der Waals surface area contributed by atoms with Crippen molar-refractivity contribution in [3.05, 3.63) is 34.9 Å². The summed E-state index contributed by atoms with van der Waals surface area (Å²) in [4.78, 5) is 26.2. The Morgan fingerprint density at radius 1 is 0.912 bits per heavy atom. The van der Waals surface area contributed by atoms with Gasteiger partial charge in [0.25, 0.3) is 5.91 Å². The number of piperidine rings is 1. The van der Waals surface area contributed by atoms with E-state index >= 15 is 0 Å². The fourth-order valence-electron chi connectivity index (χ4n) is 3.55. The maximum atomic E-state index is 13.0. The van der Waals surface area contributed by atoms with Crippen LogP contribution in [0.5, 0.6) is 0 Å². The third-order valence-electron chi connectivity index (χ3n) is 5.31. The maximum absolute atomic E-state index is 13.0. The first-order valence-corrected chi connectivity index (χ1v) is 10.9. The number of nitrogens with one attached hydrogen (secondary N) is 3. The highest BCUT2D eigenvalue weighted by molar-refractivity contribution is 5.94. The Hall–Kier alpha value is -2.50. The minimum atomic E-state index is -5.01. The molecule has 0 radical (unpaired) electrons. The van der Waals surface area contributed by atoms with Gasteiger partial charge in [-0.15, -0.1) is 0 Å². The van der Waals surface area contributed by atoms with Gasteiger partial charge in [-0.25, -0.2) is 4.79 Å². The number of hydrogen-bond donors (Lipinski definition) is 3. The SMILES string of the molecule is CC(C)(C)NC(=O)NCCN1CCC(CNC(=O)c2cc(C(F)(F)F)cc(C(F)(F)F)c2)CC1. The van der Waals surface area contributed by atoms with Gasteiger partial charge in [0.2, 0.25) is 0 Å². The molecule has 1 fully saturated rings. The highest BCUT2D eigenvalue weighted by Gasteiger charge is 2.37. The second kappa shape index (κ2) is 10.8. The largest absolute Gasteiger partial charge is 0.416 e. The molecule has 0 unspecified atom stereocenters. The first kappa shape index (κ1) is 27.7. The van der Waals surface area contributed by atoms with Gasteiger partial charge in [0, 0.05) is 30.7 Å². The zero-order valence-corrected chi connectivity index (χ0v) is 19.3. The highest BCUT2D eigenvalue weighted by atomic mass is 19.4. The van der Waals surface area contributed by atoms with Crippen molar-refractivity contribution in [1.82, 2.24) is 20.9 Å². The van der Waals surface area contributed by atoms with Crippen molar-refractivity contribution >= 4 is 11.9 Å². The van der Waals surface area contributed by atoms with E-state index < -0.39 is 35.0 Å². The molecular formula is C22H30F6N4O2. The summed E-state index contributed by atoms with van der Waals surface area (Å²) in [6, 6.07) is 0.591. The Bertz CT molecular complexity index is 824. The van der Waals surface area contributed by atoms with Gasteiger partial charge in [0.1, 0.15) is 0 Å². The number of halogens is 6. The van der Waals surface area contributed by atoms with Crippen molar-refractivity contribution < 1.29 is 35.9 Å². The molecule has 0 saturated carbocycles. The van der Waals surface area contributed by atoms with E-state index in [1.54, 1.807) is 0 Å². The number of carbonyl (C=O) groups is 2. The lowest BCUT2D eigenvalue weighted by atomic mass is 9.96. The molecule has 0 atom stereocenters. The monoisotopic (exact) mass is 496 g/mol. The van der Waals surface area contributed by atoms with Crippen LogP contribution in [-0.4, -0.2) is 55.1 Å². The Kier molecular flexibility index (Phi) is 8.84. The number of rotatable bonds is 6. The summed E-state index contributed by atoms with van der Waals surface area (Å²) in [5.41, 5.74) is -4.06. The van der Waals surface area contributed by atoms with Crippen LogP contribution in [-0.2, 0) is 12.4 Å². The molecule has 0 aromatic heterocycles. The Balaban J connectivity index is 1.83. The molecule has 3 amide bonds. The molecule has 0 spiro atoms. The summed E-state index contributed by atoms with van der Waals surface area (Å²) in [6.45, 7) is 8.27. The second-order valence-corrected chi connectivity index (χ2v) is 9.42. The first-order chi connectivity index (χ1) is 15.5. The van der Waals surface area contributed by atoms with Crippen molar-refractivity contribution in [1.29, 1.82) is 0 Å².